The number of ketones is 1. The van der Waals surface area contributed by atoms with E-state index in [0.29, 0.717) is 16.7 Å². The number of nitrogens with zero attached hydrogens (tertiary/aromatic N) is 2. The molecule has 1 fully saturated rings. The summed E-state index contributed by atoms with van der Waals surface area (Å²) in [6.07, 6.45) is 4.71. The Hall–Kier alpha value is -2.60. The van der Waals surface area contributed by atoms with Gasteiger partial charge in [0.15, 0.2) is 5.76 Å². The molecule has 2 aromatic carbocycles. The number of aliphatic hydroxyl groups excluding tert-OH is 1. The van der Waals surface area contributed by atoms with Crippen LogP contribution in [0.3, 0.4) is 0 Å². The van der Waals surface area contributed by atoms with Crippen molar-refractivity contribution in [1.29, 1.82) is 0 Å². The van der Waals surface area contributed by atoms with Gasteiger partial charge in [-0.3, -0.25) is 14.5 Å². The molecular weight excluding hydrogens is 459 g/mol. The molecule has 1 amide bonds. The van der Waals surface area contributed by atoms with E-state index in [1.54, 1.807) is 11.0 Å². The number of halogens is 2. The molecular formula is C26H24Cl2N2O3. The van der Waals surface area contributed by atoms with Gasteiger partial charge in [0, 0.05) is 16.1 Å². The van der Waals surface area contributed by atoms with Gasteiger partial charge >= 0.3 is 0 Å². The number of aryl methyl sites for hydroxylation is 2. The third-order valence-electron chi connectivity index (χ3n) is 6.80. The van der Waals surface area contributed by atoms with Crippen LogP contribution >= 0.6 is 23.2 Å². The molecule has 0 bridgehead atoms. The molecule has 2 aliphatic carbocycles. The third kappa shape index (κ3) is 3.68. The van der Waals surface area contributed by atoms with Crippen LogP contribution in [0.15, 0.2) is 59.9 Å². The molecule has 7 heteroatoms. The molecule has 0 aromatic heterocycles. The average molecular weight is 483 g/mol. The molecule has 1 unspecified atom stereocenters. The summed E-state index contributed by atoms with van der Waals surface area (Å²) >= 11 is 12.7. The fourth-order valence-corrected chi connectivity index (χ4v) is 5.55. The lowest BCUT2D eigenvalue weighted by Gasteiger charge is -2.48. The predicted octanol–water partition coefficient (Wildman–Crippen LogP) is 5.01. The van der Waals surface area contributed by atoms with Crippen LogP contribution in [0.25, 0.3) is 0 Å². The quantitative estimate of drug-likeness (QED) is 0.653. The summed E-state index contributed by atoms with van der Waals surface area (Å²) in [5.41, 5.74) is 4.61. The van der Waals surface area contributed by atoms with Crippen LogP contribution < -0.4 is 0 Å². The monoisotopic (exact) mass is 482 g/mol. The third-order valence-corrected chi connectivity index (χ3v) is 7.27. The summed E-state index contributed by atoms with van der Waals surface area (Å²) < 4.78 is 0. The lowest BCUT2D eigenvalue weighted by atomic mass is 9.87. The molecule has 1 heterocycles. The van der Waals surface area contributed by atoms with Crippen molar-refractivity contribution in [3.8, 4) is 0 Å². The van der Waals surface area contributed by atoms with E-state index >= 15 is 0 Å². The Bertz CT molecular complexity index is 1180. The molecule has 2 aromatic rings. The number of rotatable bonds is 2. The summed E-state index contributed by atoms with van der Waals surface area (Å²) in [7, 11) is 0. The molecule has 1 N–H and O–H groups in total. The minimum atomic E-state index is -0.541. The van der Waals surface area contributed by atoms with Crippen molar-refractivity contribution >= 4 is 34.9 Å². The van der Waals surface area contributed by atoms with Gasteiger partial charge in [-0.25, -0.2) is 0 Å². The Labute approximate surface area is 202 Å². The van der Waals surface area contributed by atoms with Gasteiger partial charge in [0.2, 0.25) is 5.78 Å². The van der Waals surface area contributed by atoms with Crippen molar-refractivity contribution in [3.05, 3.63) is 92.2 Å². The highest BCUT2D eigenvalue weighted by molar-refractivity contribution is 6.31. The summed E-state index contributed by atoms with van der Waals surface area (Å²) in [5.74, 6) is -1.31. The SMILES string of the molecule is CC(C)N1CN(C2c3ccc(Cl)cc3CCc3cc(Cl)ccc32)C2C=CC(=O)C(O)=C2C1=O. The maximum absolute atomic E-state index is 13.3. The highest BCUT2D eigenvalue weighted by Gasteiger charge is 2.45. The number of benzene rings is 2. The van der Waals surface area contributed by atoms with Crippen molar-refractivity contribution < 1.29 is 14.7 Å². The highest BCUT2D eigenvalue weighted by atomic mass is 35.5. The lowest BCUT2D eigenvalue weighted by molar-refractivity contribution is -0.137. The van der Waals surface area contributed by atoms with E-state index in [2.05, 4.69) is 4.90 Å². The van der Waals surface area contributed by atoms with Crippen LogP contribution in [0.4, 0.5) is 0 Å². The molecule has 5 nitrogen and oxygen atoms in total. The minimum Gasteiger partial charge on any atom is -0.504 e. The molecule has 1 aliphatic heterocycles. The first-order chi connectivity index (χ1) is 15.8. The smallest absolute Gasteiger partial charge is 0.256 e. The Morgan fingerprint density at radius 1 is 0.970 bits per heavy atom. The van der Waals surface area contributed by atoms with Gasteiger partial charge in [-0.15, -0.1) is 0 Å². The van der Waals surface area contributed by atoms with Crippen LogP contribution in [0, 0.1) is 0 Å². The molecule has 5 rings (SSSR count). The van der Waals surface area contributed by atoms with Gasteiger partial charge < -0.3 is 10.0 Å². The number of allylic oxidation sites excluding steroid dienone is 1. The number of hydrogen-bond donors (Lipinski definition) is 1. The van der Waals surface area contributed by atoms with Crippen LogP contribution in [0.1, 0.15) is 42.1 Å². The summed E-state index contributed by atoms with van der Waals surface area (Å²) in [5, 5.41) is 12.0. The molecule has 0 spiro atoms. The number of carbonyl (C=O) groups excluding carboxylic acids is 2. The fraction of sp³-hybridized carbons (Fsp3) is 0.308. The Morgan fingerprint density at radius 3 is 2.09 bits per heavy atom. The van der Waals surface area contributed by atoms with Crippen LogP contribution in [0.2, 0.25) is 10.0 Å². The van der Waals surface area contributed by atoms with E-state index in [9.17, 15) is 14.7 Å². The molecule has 1 saturated heterocycles. The van der Waals surface area contributed by atoms with Gasteiger partial charge in [0.1, 0.15) is 0 Å². The van der Waals surface area contributed by atoms with Crippen molar-refractivity contribution in [1.82, 2.24) is 9.80 Å². The van der Waals surface area contributed by atoms with E-state index in [0.717, 1.165) is 35.1 Å². The van der Waals surface area contributed by atoms with Crippen molar-refractivity contribution in [3.63, 3.8) is 0 Å². The zero-order chi connectivity index (χ0) is 23.4. The number of amides is 1. The van der Waals surface area contributed by atoms with E-state index < -0.39 is 17.6 Å². The van der Waals surface area contributed by atoms with E-state index in [-0.39, 0.29) is 23.6 Å². The van der Waals surface area contributed by atoms with Crippen molar-refractivity contribution in [2.45, 2.75) is 44.8 Å². The first kappa shape index (κ1) is 22.2. The predicted molar refractivity (Wildman–Crippen MR) is 128 cm³/mol. The van der Waals surface area contributed by atoms with Gasteiger partial charge in [-0.2, -0.15) is 0 Å². The molecule has 1 atom stereocenters. The topological polar surface area (TPSA) is 60.9 Å². The molecule has 170 valence electrons. The zero-order valence-electron chi connectivity index (χ0n) is 18.4. The normalized spacial score (nSPS) is 21.2. The van der Waals surface area contributed by atoms with Crippen LogP contribution in [-0.4, -0.2) is 45.3 Å². The summed E-state index contributed by atoms with van der Waals surface area (Å²) in [4.78, 5) is 29.4. The second kappa shape index (κ2) is 8.32. The number of aliphatic hydroxyl groups is 1. The second-order valence-electron chi connectivity index (χ2n) is 9.04. The standard InChI is InChI=1S/C26H24Cl2N2O3/c1-14(2)29-13-30(21-9-10-22(31)25(32)23(21)26(29)33)24-19-7-5-17(27)11-15(19)3-4-16-12-18(28)6-8-20(16)24/h5-12,14,21,24,32H,3-4,13H2,1-2H3. The van der Waals surface area contributed by atoms with Gasteiger partial charge in [-0.05, 0) is 79.3 Å². The summed E-state index contributed by atoms with van der Waals surface area (Å²) in [6.45, 7) is 4.22. The molecule has 3 aliphatic rings. The molecule has 33 heavy (non-hydrogen) atoms. The van der Waals surface area contributed by atoms with Crippen molar-refractivity contribution in [2.24, 2.45) is 0 Å². The van der Waals surface area contributed by atoms with Gasteiger partial charge in [0.25, 0.3) is 5.91 Å². The van der Waals surface area contributed by atoms with Crippen molar-refractivity contribution in [2.75, 3.05) is 6.67 Å². The largest absolute Gasteiger partial charge is 0.504 e. The first-order valence-corrected chi connectivity index (χ1v) is 11.8. The minimum absolute atomic E-state index is 0.109. The maximum atomic E-state index is 13.3. The Morgan fingerprint density at radius 2 is 1.55 bits per heavy atom. The summed E-state index contributed by atoms with van der Waals surface area (Å²) in [6, 6.07) is 11.0. The van der Waals surface area contributed by atoms with Gasteiger partial charge in [0.05, 0.1) is 24.3 Å². The van der Waals surface area contributed by atoms with Gasteiger partial charge in [-0.1, -0.05) is 41.4 Å². The number of fused-ring (bicyclic) bond motifs is 3. The van der Waals surface area contributed by atoms with E-state index in [4.69, 9.17) is 23.2 Å². The first-order valence-electron chi connectivity index (χ1n) is 11.0. The molecule has 0 saturated carbocycles. The molecule has 0 radical (unpaired) electrons. The van der Waals surface area contributed by atoms with Crippen LogP contribution in [-0.2, 0) is 22.4 Å². The Kier molecular flexibility index (Phi) is 5.60. The van der Waals surface area contributed by atoms with E-state index in [1.165, 1.54) is 6.08 Å². The van der Waals surface area contributed by atoms with E-state index in [1.807, 2.05) is 50.2 Å². The Balaban J connectivity index is 1.74. The number of hydrogen-bond acceptors (Lipinski definition) is 4. The average Bonchev–Trinajstić information content (AvgIpc) is 2.92. The second-order valence-corrected chi connectivity index (χ2v) is 9.92. The highest BCUT2D eigenvalue weighted by Crippen LogP contribution is 2.43. The fourth-order valence-electron chi connectivity index (χ4n) is 5.16. The lowest BCUT2D eigenvalue weighted by Crippen LogP contribution is -2.58. The van der Waals surface area contributed by atoms with Crippen LogP contribution in [0.5, 0.6) is 0 Å². The zero-order valence-corrected chi connectivity index (χ0v) is 19.9. The maximum Gasteiger partial charge on any atom is 0.256 e. The number of carbonyl (C=O) groups is 2.